The Balaban J connectivity index is 2.28. The summed E-state index contributed by atoms with van der Waals surface area (Å²) in [5.41, 5.74) is 0.248. The maximum atomic E-state index is 12.4. The Kier molecular flexibility index (Phi) is 5.36. The van der Waals surface area contributed by atoms with Gasteiger partial charge in [0.1, 0.15) is 17.1 Å². The maximum Gasteiger partial charge on any atom is 0.341 e. The molecule has 0 aliphatic heterocycles. The van der Waals surface area contributed by atoms with Crippen LogP contribution in [-0.4, -0.2) is 28.6 Å². The van der Waals surface area contributed by atoms with E-state index in [0.717, 1.165) is 12.8 Å². The van der Waals surface area contributed by atoms with Gasteiger partial charge in [-0.1, -0.05) is 25.5 Å². The third-order valence-corrected chi connectivity index (χ3v) is 3.36. The van der Waals surface area contributed by atoms with Crippen LogP contribution in [0.1, 0.15) is 46.0 Å². The molecule has 2 aromatic carbocycles. The molecule has 2 aromatic rings. The van der Waals surface area contributed by atoms with Gasteiger partial charge < -0.3 is 14.9 Å². The van der Waals surface area contributed by atoms with Crippen molar-refractivity contribution in [2.75, 3.05) is 6.61 Å². The molecule has 0 radical (unpaired) electrons. The van der Waals surface area contributed by atoms with Crippen LogP contribution >= 0.6 is 0 Å². The van der Waals surface area contributed by atoms with Crippen LogP contribution in [0.3, 0.4) is 0 Å². The molecule has 0 bridgehead atoms. The first-order chi connectivity index (χ1) is 11.0. The largest absolute Gasteiger partial charge is 0.507 e. The fourth-order valence-electron chi connectivity index (χ4n) is 2.05. The highest BCUT2D eigenvalue weighted by molar-refractivity contribution is 6.11. The van der Waals surface area contributed by atoms with Crippen molar-refractivity contribution in [1.29, 1.82) is 0 Å². The van der Waals surface area contributed by atoms with Crippen LogP contribution in [-0.2, 0) is 4.74 Å². The molecule has 23 heavy (non-hydrogen) atoms. The molecular weight excluding hydrogens is 296 g/mol. The average Bonchev–Trinajstić information content (AvgIpc) is 2.55. The summed E-state index contributed by atoms with van der Waals surface area (Å²) in [7, 11) is 0. The topological polar surface area (TPSA) is 83.8 Å². The number of hydrogen-bond acceptors (Lipinski definition) is 5. The number of carbonyl (C=O) groups excluding carboxylic acids is 2. The van der Waals surface area contributed by atoms with Gasteiger partial charge in [-0.15, -0.1) is 0 Å². The lowest BCUT2D eigenvalue weighted by Gasteiger charge is -2.08. The van der Waals surface area contributed by atoms with E-state index < -0.39 is 11.8 Å². The molecule has 0 fully saturated rings. The number of esters is 1. The van der Waals surface area contributed by atoms with Crippen LogP contribution in [0.2, 0.25) is 0 Å². The number of ether oxygens (including phenoxy) is 1. The van der Waals surface area contributed by atoms with Crippen molar-refractivity contribution in [3.63, 3.8) is 0 Å². The van der Waals surface area contributed by atoms with Crippen molar-refractivity contribution in [3.05, 3.63) is 59.2 Å². The van der Waals surface area contributed by atoms with Crippen LogP contribution < -0.4 is 0 Å². The minimum Gasteiger partial charge on any atom is -0.507 e. The van der Waals surface area contributed by atoms with E-state index in [4.69, 9.17) is 4.74 Å². The highest BCUT2D eigenvalue weighted by atomic mass is 16.5. The normalized spacial score (nSPS) is 10.3. The third kappa shape index (κ3) is 3.88. The zero-order chi connectivity index (χ0) is 16.8. The minimum atomic E-state index is -0.678. The van der Waals surface area contributed by atoms with Crippen molar-refractivity contribution < 1.29 is 24.5 Å². The number of para-hydroxylation sites is 1. The molecule has 0 unspecified atom stereocenters. The van der Waals surface area contributed by atoms with Crippen molar-refractivity contribution >= 4 is 11.8 Å². The Hall–Kier alpha value is -2.82. The predicted octanol–water partition coefficient (Wildman–Crippen LogP) is 3.29. The quantitative estimate of drug-likeness (QED) is 0.485. The Labute approximate surface area is 134 Å². The van der Waals surface area contributed by atoms with Crippen LogP contribution in [0.15, 0.2) is 42.5 Å². The van der Waals surface area contributed by atoms with Gasteiger partial charge in [-0.3, -0.25) is 4.79 Å². The second-order valence-electron chi connectivity index (χ2n) is 5.07. The van der Waals surface area contributed by atoms with Crippen molar-refractivity contribution in [1.82, 2.24) is 0 Å². The highest BCUT2D eigenvalue weighted by Crippen LogP contribution is 2.24. The summed E-state index contributed by atoms with van der Waals surface area (Å²) < 4.78 is 5.05. The van der Waals surface area contributed by atoms with Crippen LogP contribution in [0.4, 0.5) is 0 Å². The van der Waals surface area contributed by atoms with E-state index in [0.29, 0.717) is 0 Å². The first kappa shape index (κ1) is 16.5. The molecule has 2 rings (SSSR count). The molecule has 5 heteroatoms. The standard InChI is InChI=1S/C18H18O5/c1-2-3-10-23-18(22)14-11-12(8-9-16(14)20)17(21)13-6-4-5-7-15(13)19/h4-9,11,19-20H,2-3,10H2,1H3. The second-order valence-corrected chi connectivity index (χ2v) is 5.07. The fourth-order valence-corrected chi connectivity index (χ4v) is 2.05. The van der Waals surface area contributed by atoms with Gasteiger partial charge in [0.05, 0.1) is 12.2 Å². The Bertz CT molecular complexity index is 721. The number of benzene rings is 2. The number of unbranched alkanes of at least 4 members (excludes halogenated alkanes) is 1. The third-order valence-electron chi connectivity index (χ3n) is 3.36. The summed E-state index contributed by atoms with van der Waals surface area (Å²) in [4.78, 5) is 24.4. The molecular formula is C18H18O5. The first-order valence-corrected chi connectivity index (χ1v) is 7.37. The zero-order valence-electron chi connectivity index (χ0n) is 12.8. The molecule has 5 nitrogen and oxygen atoms in total. The van der Waals surface area contributed by atoms with Gasteiger partial charge >= 0.3 is 5.97 Å². The lowest BCUT2D eigenvalue weighted by Crippen LogP contribution is -2.09. The summed E-state index contributed by atoms with van der Waals surface area (Å²) in [6.07, 6.45) is 1.61. The van der Waals surface area contributed by atoms with Gasteiger partial charge in [0.15, 0.2) is 5.78 Å². The maximum absolute atomic E-state index is 12.4. The van der Waals surface area contributed by atoms with Crippen molar-refractivity contribution in [3.8, 4) is 11.5 Å². The lowest BCUT2D eigenvalue weighted by atomic mass is 10.00. The monoisotopic (exact) mass is 314 g/mol. The Morgan fingerprint density at radius 3 is 2.39 bits per heavy atom. The summed E-state index contributed by atoms with van der Waals surface area (Å²) >= 11 is 0. The van der Waals surface area contributed by atoms with Crippen LogP contribution in [0.5, 0.6) is 11.5 Å². The average molecular weight is 314 g/mol. The molecule has 0 saturated heterocycles. The van der Waals surface area contributed by atoms with Gasteiger partial charge in [-0.25, -0.2) is 4.79 Å². The zero-order valence-corrected chi connectivity index (χ0v) is 12.8. The van der Waals surface area contributed by atoms with Gasteiger partial charge in [-0.05, 0) is 36.8 Å². The van der Waals surface area contributed by atoms with Gasteiger partial charge in [0.2, 0.25) is 0 Å². The fraction of sp³-hybridized carbons (Fsp3) is 0.222. The molecule has 0 atom stereocenters. The highest BCUT2D eigenvalue weighted by Gasteiger charge is 2.18. The number of hydrogen-bond donors (Lipinski definition) is 2. The van der Waals surface area contributed by atoms with E-state index >= 15 is 0 Å². The van der Waals surface area contributed by atoms with Gasteiger partial charge in [0, 0.05) is 5.56 Å². The molecule has 2 N–H and O–H groups in total. The van der Waals surface area contributed by atoms with E-state index in [2.05, 4.69) is 0 Å². The number of aromatic hydroxyl groups is 2. The van der Waals surface area contributed by atoms with Crippen LogP contribution in [0, 0.1) is 0 Å². The Morgan fingerprint density at radius 2 is 1.70 bits per heavy atom. The first-order valence-electron chi connectivity index (χ1n) is 7.37. The van der Waals surface area contributed by atoms with Gasteiger partial charge in [0.25, 0.3) is 0 Å². The summed E-state index contributed by atoms with van der Waals surface area (Å²) in [5, 5.41) is 19.6. The smallest absolute Gasteiger partial charge is 0.341 e. The van der Waals surface area contributed by atoms with Crippen molar-refractivity contribution in [2.45, 2.75) is 19.8 Å². The summed E-state index contributed by atoms with van der Waals surface area (Å²) in [6, 6.07) is 10.1. The number of carbonyl (C=O) groups is 2. The Morgan fingerprint density at radius 1 is 1.00 bits per heavy atom. The number of phenols is 2. The molecule has 120 valence electrons. The van der Waals surface area contributed by atoms with E-state index in [1.807, 2.05) is 6.92 Å². The molecule has 0 aromatic heterocycles. The van der Waals surface area contributed by atoms with E-state index in [1.165, 1.54) is 30.3 Å². The summed E-state index contributed by atoms with van der Waals surface area (Å²) in [6.45, 7) is 2.23. The minimum absolute atomic E-state index is 0.0672. The second kappa shape index (κ2) is 7.45. The molecule has 0 heterocycles. The molecule has 0 saturated carbocycles. The molecule has 0 amide bonds. The number of rotatable bonds is 6. The number of ketones is 1. The molecule has 0 spiro atoms. The summed E-state index contributed by atoms with van der Waals surface area (Å²) in [5.74, 6) is -1.51. The van der Waals surface area contributed by atoms with E-state index in [1.54, 1.807) is 12.1 Å². The van der Waals surface area contributed by atoms with E-state index in [9.17, 15) is 19.8 Å². The predicted molar refractivity (Wildman–Crippen MR) is 84.8 cm³/mol. The van der Waals surface area contributed by atoms with Crippen LogP contribution in [0.25, 0.3) is 0 Å². The van der Waals surface area contributed by atoms with Crippen molar-refractivity contribution in [2.24, 2.45) is 0 Å². The molecule has 0 aliphatic carbocycles. The molecule has 0 aliphatic rings. The lowest BCUT2D eigenvalue weighted by molar-refractivity contribution is 0.0496. The van der Waals surface area contributed by atoms with Gasteiger partial charge in [-0.2, -0.15) is 0 Å². The van der Waals surface area contributed by atoms with E-state index in [-0.39, 0.29) is 34.8 Å². The SMILES string of the molecule is CCCCOC(=O)c1cc(C(=O)c2ccccc2O)ccc1O. The number of phenolic OH excluding ortho intramolecular Hbond substituents is 2.